The molecule has 7 nitrogen and oxygen atoms in total. The van der Waals surface area contributed by atoms with Crippen molar-refractivity contribution in [3.63, 3.8) is 0 Å². The first-order valence-electron chi connectivity index (χ1n) is 8.61. The summed E-state index contributed by atoms with van der Waals surface area (Å²) in [5.74, 6) is -2.07. The molecule has 0 unspecified atom stereocenters. The number of carbonyl (C=O) groups is 1. The maximum atomic E-state index is 12.7. The van der Waals surface area contributed by atoms with E-state index in [0.717, 1.165) is 24.7 Å². The Morgan fingerprint density at radius 2 is 1.52 bits per heavy atom. The fourth-order valence-electron chi connectivity index (χ4n) is 2.72. The molecule has 1 aliphatic carbocycles. The zero-order chi connectivity index (χ0) is 22.6. The van der Waals surface area contributed by atoms with E-state index >= 15 is 0 Å². The molecule has 2 heterocycles. The number of ketones is 1. The minimum atomic E-state index is -4.93. The number of allylic oxidation sites excluding steroid dienone is 2. The highest BCUT2D eigenvalue weighted by Crippen LogP contribution is 2.29. The van der Waals surface area contributed by atoms with Crippen molar-refractivity contribution in [2.75, 3.05) is 0 Å². The number of Topliss-reactive ketones (excluding diaryl/α,β-unsaturated/α-hetero) is 1. The Morgan fingerprint density at radius 3 is 2.19 bits per heavy atom. The average molecular weight is 446 g/mol. The molecule has 0 N–H and O–H groups in total. The van der Waals surface area contributed by atoms with E-state index in [-0.39, 0.29) is 22.7 Å². The second kappa shape index (κ2) is 8.70. The highest BCUT2D eigenvalue weighted by molar-refractivity contribution is 6.13. The number of aromatic nitrogens is 4. The van der Waals surface area contributed by atoms with Crippen LogP contribution in [0.5, 0.6) is 11.8 Å². The van der Waals surface area contributed by atoms with Gasteiger partial charge in [-0.2, -0.15) is 4.98 Å². The van der Waals surface area contributed by atoms with Crippen LogP contribution in [0.15, 0.2) is 35.8 Å². The van der Waals surface area contributed by atoms with Crippen LogP contribution in [0.4, 0.5) is 26.3 Å². The van der Waals surface area contributed by atoms with Crippen LogP contribution >= 0.6 is 0 Å². The Morgan fingerprint density at radius 1 is 0.871 bits per heavy atom. The summed E-state index contributed by atoms with van der Waals surface area (Å²) >= 11 is 0. The third-order valence-electron chi connectivity index (χ3n) is 3.85. The van der Waals surface area contributed by atoms with Crippen LogP contribution in [0.1, 0.15) is 30.8 Å². The minimum absolute atomic E-state index is 0.0238. The number of halogens is 6. The van der Waals surface area contributed by atoms with Gasteiger partial charge in [-0.1, -0.05) is 0 Å². The molecule has 0 spiro atoms. The van der Waals surface area contributed by atoms with E-state index in [2.05, 4.69) is 29.4 Å². The summed E-state index contributed by atoms with van der Waals surface area (Å²) in [5.41, 5.74) is 0.495. The Kier molecular flexibility index (Phi) is 6.22. The number of alkyl halides is 6. The number of hydrogen-bond acceptors (Lipinski definition) is 7. The SMILES string of the molecule is O=C1/C(=C\c2cc(OC(F)(F)F)ncn2)CCC/C1=C/c1nccc(OC(F)(F)F)n1. The summed E-state index contributed by atoms with van der Waals surface area (Å²) in [5, 5.41) is 0. The standard InChI is InChI=1S/C18H12F6N4O3/c19-17(20,21)30-14-4-5-25-13(28-14)7-11-3-1-2-10(16(11)29)6-12-8-15(27-9-26-12)31-18(22,23)24/h4-9H,1-3H2/b10-6-,11-7-. The van der Waals surface area contributed by atoms with E-state index in [0.29, 0.717) is 19.3 Å². The third-order valence-corrected chi connectivity index (χ3v) is 3.85. The van der Waals surface area contributed by atoms with Crippen LogP contribution in [-0.4, -0.2) is 38.4 Å². The van der Waals surface area contributed by atoms with Crippen LogP contribution in [0.3, 0.4) is 0 Å². The number of rotatable bonds is 4. The largest absolute Gasteiger partial charge is 0.574 e. The first-order chi connectivity index (χ1) is 14.5. The molecule has 0 aliphatic heterocycles. The fourth-order valence-corrected chi connectivity index (χ4v) is 2.72. The highest BCUT2D eigenvalue weighted by Gasteiger charge is 2.32. The van der Waals surface area contributed by atoms with Gasteiger partial charge < -0.3 is 9.47 Å². The molecule has 1 aliphatic rings. The Hall–Kier alpha value is -3.51. The maximum Gasteiger partial charge on any atom is 0.574 e. The van der Waals surface area contributed by atoms with Crippen LogP contribution in [0, 0.1) is 0 Å². The van der Waals surface area contributed by atoms with Gasteiger partial charge in [-0.05, 0) is 31.4 Å². The zero-order valence-corrected chi connectivity index (χ0v) is 15.4. The van der Waals surface area contributed by atoms with E-state index in [1.54, 1.807) is 0 Å². The Labute approximate surface area is 170 Å². The van der Waals surface area contributed by atoms with Gasteiger partial charge in [-0.3, -0.25) is 4.79 Å². The first-order valence-corrected chi connectivity index (χ1v) is 8.61. The van der Waals surface area contributed by atoms with Crippen molar-refractivity contribution >= 4 is 17.9 Å². The van der Waals surface area contributed by atoms with Gasteiger partial charge in [0.25, 0.3) is 0 Å². The molecule has 2 aromatic rings. The molecule has 0 saturated heterocycles. The van der Waals surface area contributed by atoms with Crippen molar-refractivity contribution in [1.82, 2.24) is 19.9 Å². The van der Waals surface area contributed by atoms with Gasteiger partial charge in [-0.25, -0.2) is 15.0 Å². The summed E-state index contributed by atoms with van der Waals surface area (Å²) in [6, 6.07) is 1.84. The number of nitrogens with zero attached hydrogens (tertiary/aromatic N) is 4. The second-order valence-corrected chi connectivity index (χ2v) is 6.15. The van der Waals surface area contributed by atoms with Crippen LogP contribution in [-0.2, 0) is 4.79 Å². The Balaban J connectivity index is 1.82. The summed E-state index contributed by atoms with van der Waals surface area (Å²) in [7, 11) is 0. The van der Waals surface area contributed by atoms with Gasteiger partial charge in [0, 0.05) is 29.5 Å². The Bertz CT molecular complexity index is 954. The summed E-state index contributed by atoms with van der Waals surface area (Å²) in [6.07, 6.45) is -4.27. The van der Waals surface area contributed by atoms with Gasteiger partial charge >= 0.3 is 12.7 Å². The third kappa shape index (κ3) is 6.76. The lowest BCUT2D eigenvalue weighted by atomic mass is 9.88. The molecule has 0 amide bonds. The van der Waals surface area contributed by atoms with Crippen LogP contribution in [0.25, 0.3) is 12.2 Å². The summed E-state index contributed by atoms with van der Waals surface area (Å²) in [6.45, 7) is 0. The molecule has 31 heavy (non-hydrogen) atoms. The highest BCUT2D eigenvalue weighted by atomic mass is 19.4. The van der Waals surface area contributed by atoms with E-state index in [1.165, 1.54) is 12.2 Å². The van der Waals surface area contributed by atoms with Crippen molar-refractivity contribution in [3.8, 4) is 11.8 Å². The molecular weight excluding hydrogens is 434 g/mol. The predicted octanol–water partition coefficient (Wildman–Crippen LogP) is 4.28. The molecule has 13 heteroatoms. The second-order valence-electron chi connectivity index (χ2n) is 6.15. The molecule has 3 rings (SSSR count). The lowest BCUT2D eigenvalue weighted by Gasteiger charge is -2.16. The van der Waals surface area contributed by atoms with Crippen molar-refractivity contribution in [2.45, 2.75) is 32.0 Å². The van der Waals surface area contributed by atoms with E-state index < -0.39 is 30.3 Å². The monoisotopic (exact) mass is 446 g/mol. The molecular formula is C18H12F6N4O3. The van der Waals surface area contributed by atoms with Gasteiger partial charge in [0.15, 0.2) is 11.6 Å². The van der Waals surface area contributed by atoms with Crippen LogP contribution < -0.4 is 9.47 Å². The molecule has 164 valence electrons. The van der Waals surface area contributed by atoms with E-state index in [1.807, 2.05) is 0 Å². The van der Waals surface area contributed by atoms with Gasteiger partial charge in [0.1, 0.15) is 6.33 Å². The molecule has 0 radical (unpaired) electrons. The zero-order valence-electron chi connectivity index (χ0n) is 15.4. The lowest BCUT2D eigenvalue weighted by molar-refractivity contribution is -0.277. The smallest absolute Gasteiger partial charge is 0.388 e. The average Bonchev–Trinajstić information content (AvgIpc) is 2.63. The topological polar surface area (TPSA) is 87.1 Å². The molecule has 1 saturated carbocycles. The molecule has 0 aromatic carbocycles. The molecule has 0 atom stereocenters. The van der Waals surface area contributed by atoms with Gasteiger partial charge in [-0.15, -0.1) is 26.3 Å². The van der Waals surface area contributed by atoms with Crippen LogP contribution in [0.2, 0.25) is 0 Å². The molecule has 0 bridgehead atoms. The van der Waals surface area contributed by atoms with Crippen molar-refractivity contribution in [1.29, 1.82) is 0 Å². The molecule has 1 fully saturated rings. The van der Waals surface area contributed by atoms with E-state index in [4.69, 9.17) is 0 Å². The predicted molar refractivity (Wildman–Crippen MR) is 92.2 cm³/mol. The van der Waals surface area contributed by atoms with Crippen molar-refractivity contribution in [3.05, 3.63) is 47.3 Å². The summed E-state index contributed by atoms with van der Waals surface area (Å²) in [4.78, 5) is 27.3. The van der Waals surface area contributed by atoms with Crippen molar-refractivity contribution < 1.29 is 40.6 Å². The van der Waals surface area contributed by atoms with Gasteiger partial charge in [0.2, 0.25) is 11.8 Å². The minimum Gasteiger partial charge on any atom is -0.388 e. The first kappa shape index (κ1) is 22.2. The maximum absolute atomic E-state index is 12.7. The summed E-state index contributed by atoms with van der Waals surface area (Å²) < 4.78 is 81.4. The van der Waals surface area contributed by atoms with Gasteiger partial charge in [0.05, 0.1) is 5.69 Å². The number of hydrogen-bond donors (Lipinski definition) is 0. The number of ether oxygens (including phenoxy) is 2. The quantitative estimate of drug-likeness (QED) is 0.512. The number of carbonyl (C=O) groups excluding carboxylic acids is 1. The van der Waals surface area contributed by atoms with E-state index in [9.17, 15) is 31.1 Å². The molecule has 2 aromatic heterocycles. The normalized spacial score (nSPS) is 17.8. The lowest BCUT2D eigenvalue weighted by Crippen LogP contribution is -2.18. The fraction of sp³-hybridized carbons (Fsp3) is 0.278. The van der Waals surface area contributed by atoms with Crippen molar-refractivity contribution in [2.24, 2.45) is 0 Å².